The van der Waals surface area contributed by atoms with Gasteiger partial charge in [0.1, 0.15) is 0 Å². The number of likely N-dealkylation sites (tertiary alicyclic amines) is 1. The van der Waals surface area contributed by atoms with E-state index in [4.69, 9.17) is 11.6 Å². The Hall–Kier alpha value is -0.0900. The van der Waals surface area contributed by atoms with Crippen molar-refractivity contribution in [3.8, 4) is 0 Å². The summed E-state index contributed by atoms with van der Waals surface area (Å²) < 4.78 is 1.00. The molecule has 2 atom stereocenters. The molecule has 0 spiro atoms. The lowest BCUT2D eigenvalue weighted by Gasteiger charge is -2.42. The van der Waals surface area contributed by atoms with E-state index >= 15 is 0 Å². The smallest absolute Gasteiger partial charge is 0.0548 e. The lowest BCUT2D eigenvalue weighted by Crippen LogP contribution is -2.42. The van der Waals surface area contributed by atoms with E-state index in [1.165, 1.54) is 37.9 Å². The number of hydrogen-bond acceptors (Lipinski definition) is 2. The maximum atomic E-state index is 6.14. The molecule has 1 N–H and O–H groups in total. The van der Waals surface area contributed by atoms with Gasteiger partial charge in [-0.1, -0.05) is 24.6 Å². The van der Waals surface area contributed by atoms with E-state index in [9.17, 15) is 0 Å². The molecule has 1 aliphatic rings. The van der Waals surface area contributed by atoms with Gasteiger partial charge >= 0.3 is 0 Å². The van der Waals surface area contributed by atoms with Crippen LogP contribution in [0.4, 0.5) is 0 Å². The number of nitrogens with one attached hydrogen (secondary N) is 1. The Bertz CT molecular complexity index is 420. The van der Waals surface area contributed by atoms with Crippen LogP contribution in [0.15, 0.2) is 22.7 Å². The minimum atomic E-state index is 0.504. The Morgan fingerprint density at radius 1 is 1.45 bits per heavy atom. The SMILES string of the molecule is CCCN1CCCC(CNC)C1c1ccc(Cl)c(Br)c1. The molecule has 0 bridgehead atoms. The summed E-state index contributed by atoms with van der Waals surface area (Å²) >= 11 is 9.71. The molecule has 2 nitrogen and oxygen atoms in total. The van der Waals surface area contributed by atoms with Crippen molar-refractivity contribution >= 4 is 27.5 Å². The fourth-order valence-corrected chi connectivity index (χ4v) is 3.86. The molecule has 0 amide bonds. The first kappa shape index (κ1) is 16.3. The van der Waals surface area contributed by atoms with E-state index in [0.29, 0.717) is 12.0 Å². The molecule has 0 saturated carbocycles. The molecule has 1 aliphatic heterocycles. The zero-order valence-corrected chi connectivity index (χ0v) is 14.7. The van der Waals surface area contributed by atoms with Gasteiger partial charge in [0.15, 0.2) is 0 Å². The van der Waals surface area contributed by atoms with Gasteiger partial charge in [0.25, 0.3) is 0 Å². The minimum absolute atomic E-state index is 0.504. The minimum Gasteiger partial charge on any atom is -0.319 e. The van der Waals surface area contributed by atoms with E-state index in [-0.39, 0.29) is 0 Å². The molecule has 0 radical (unpaired) electrons. The van der Waals surface area contributed by atoms with Crippen molar-refractivity contribution in [2.45, 2.75) is 32.2 Å². The van der Waals surface area contributed by atoms with Crippen LogP contribution in [0.3, 0.4) is 0 Å². The van der Waals surface area contributed by atoms with E-state index in [1.807, 2.05) is 13.1 Å². The third kappa shape index (κ3) is 3.76. The van der Waals surface area contributed by atoms with Crippen LogP contribution in [0.1, 0.15) is 37.8 Å². The Morgan fingerprint density at radius 3 is 2.90 bits per heavy atom. The van der Waals surface area contributed by atoms with E-state index in [1.54, 1.807) is 0 Å². The summed E-state index contributed by atoms with van der Waals surface area (Å²) in [5.41, 5.74) is 1.38. The highest BCUT2D eigenvalue weighted by molar-refractivity contribution is 9.10. The predicted molar refractivity (Wildman–Crippen MR) is 90.4 cm³/mol. The summed E-state index contributed by atoms with van der Waals surface area (Å²) in [5.74, 6) is 0.674. The van der Waals surface area contributed by atoms with E-state index in [2.05, 4.69) is 45.2 Å². The van der Waals surface area contributed by atoms with Gasteiger partial charge in [-0.3, -0.25) is 4.90 Å². The van der Waals surface area contributed by atoms with Crippen LogP contribution in [0.2, 0.25) is 5.02 Å². The van der Waals surface area contributed by atoms with Gasteiger partial charge < -0.3 is 5.32 Å². The molecule has 1 heterocycles. The van der Waals surface area contributed by atoms with Gasteiger partial charge in [-0.05, 0) is 85.5 Å². The van der Waals surface area contributed by atoms with Crippen LogP contribution in [-0.2, 0) is 0 Å². The summed E-state index contributed by atoms with van der Waals surface area (Å²) in [6, 6.07) is 6.90. The van der Waals surface area contributed by atoms with Crippen molar-refractivity contribution in [2.75, 3.05) is 26.7 Å². The summed E-state index contributed by atoms with van der Waals surface area (Å²) in [4.78, 5) is 2.64. The molecular formula is C16H24BrClN2. The highest BCUT2D eigenvalue weighted by Gasteiger charge is 2.31. The van der Waals surface area contributed by atoms with Crippen molar-refractivity contribution < 1.29 is 0 Å². The number of hydrogen-bond donors (Lipinski definition) is 1. The third-order valence-corrected chi connectivity index (χ3v) is 5.34. The fourth-order valence-electron chi connectivity index (χ4n) is 3.34. The maximum Gasteiger partial charge on any atom is 0.0548 e. The molecule has 1 saturated heterocycles. The number of halogens is 2. The van der Waals surface area contributed by atoms with Crippen LogP contribution >= 0.6 is 27.5 Å². The van der Waals surface area contributed by atoms with Crippen LogP contribution in [0, 0.1) is 5.92 Å². The molecule has 1 fully saturated rings. The van der Waals surface area contributed by atoms with Crippen LogP contribution in [-0.4, -0.2) is 31.6 Å². The average molecular weight is 360 g/mol. The first-order valence-electron chi connectivity index (χ1n) is 7.51. The third-order valence-electron chi connectivity index (χ3n) is 4.12. The second kappa shape index (κ2) is 7.79. The van der Waals surface area contributed by atoms with Crippen molar-refractivity contribution in [3.05, 3.63) is 33.3 Å². The summed E-state index contributed by atoms with van der Waals surface area (Å²) in [5, 5.41) is 4.15. The largest absolute Gasteiger partial charge is 0.319 e. The van der Waals surface area contributed by atoms with Crippen LogP contribution in [0.25, 0.3) is 0 Å². The van der Waals surface area contributed by atoms with Crippen molar-refractivity contribution in [3.63, 3.8) is 0 Å². The summed E-state index contributed by atoms with van der Waals surface area (Å²) in [7, 11) is 2.05. The summed E-state index contributed by atoms with van der Waals surface area (Å²) in [6.07, 6.45) is 3.81. The number of benzene rings is 1. The molecule has 1 aromatic carbocycles. The lowest BCUT2D eigenvalue weighted by molar-refractivity contribution is 0.0924. The van der Waals surface area contributed by atoms with Crippen molar-refractivity contribution in [1.82, 2.24) is 10.2 Å². The molecule has 1 aromatic rings. The molecule has 0 aliphatic carbocycles. The monoisotopic (exact) mass is 358 g/mol. The molecular weight excluding hydrogens is 336 g/mol. The first-order chi connectivity index (χ1) is 9.67. The molecule has 112 valence electrons. The highest BCUT2D eigenvalue weighted by atomic mass is 79.9. The van der Waals surface area contributed by atoms with Gasteiger partial charge in [0, 0.05) is 10.5 Å². The zero-order chi connectivity index (χ0) is 14.5. The first-order valence-corrected chi connectivity index (χ1v) is 8.68. The van der Waals surface area contributed by atoms with Crippen molar-refractivity contribution in [2.24, 2.45) is 5.92 Å². The molecule has 2 rings (SSSR count). The van der Waals surface area contributed by atoms with Crippen LogP contribution < -0.4 is 5.32 Å². The van der Waals surface area contributed by atoms with E-state index < -0.39 is 0 Å². The molecule has 2 unspecified atom stereocenters. The molecule has 0 aromatic heterocycles. The lowest BCUT2D eigenvalue weighted by atomic mass is 9.84. The van der Waals surface area contributed by atoms with Gasteiger partial charge in [-0.25, -0.2) is 0 Å². The highest BCUT2D eigenvalue weighted by Crippen LogP contribution is 2.38. The van der Waals surface area contributed by atoms with Gasteiger partial charge in [0.05, 0.1) is 5.02 Å². The number of piperidine rings is 1. The van der Waals surface area contributed by atoms with E-state index in [0.717, 1.165) is 16.0 Å². The Balaban J connectivity index is 2.29. The quantitative estimate of drug-likeness (QED) is 0.833. The topological polar surface area (TPSA) is 15.3 Å². The summed E-state index contributed by atoms with van der Waals surface area (Å²) in [6.45, 7) is 5.71. The average Bonchev–Trinajstić information content (AvgIpc) is 2.43. The normalized spacial score (nSPS) is 24.0. The van der Waals surface area contributed by atoms with Gasteiger partial charge in [-0.15, -0.1) is 0 Å². The predicted octanol–water partition coefficient (Wildman–Crippen LogP) is 4.49. The molecule has 4 heteroatoms. The maximum absolute atomic E-state index is 6.14. The molecule has 20 heavy (non-hydrogen) atoms. The second-order valence-corrected chi connectivity index (χ2v) is 6.88. The number of nitrogens with zero attached hydrogens (tertiary/aromatic N) is 1. The van der Waals surface area contributed by atoms with Gasteiger partial charge in [0.2, 0.25) is 0 Å². The Kier molecular flexibility index (Phi) is 6.34. The zero-order valence-electron chi connectivity index (χ0n) is 12.3. The Morgan fingerprint density at radius 2 is 2.25 bits per heavy atom. The van der Waals surface area contributed by atoms with Gasteiger partial charge in [-0.2, -0.15) is 0 Å². The fraction of sp³-hybridized carbons (Fsp3) is 0.625. The Labute approximate surface area is 136 Å². The van der Waals surface area contributed by atoms with Crippen molar-refractivity contribution in [1.29, 1.82) is 0 Å². The second-order valence-electron chi connectivity index (χ2n) is 5.61. The van der Waals surface area contributed by atoms with Crippen LogP contribution in [0.5, 0.6) is 0 Å². The number of rotatable bonds is 5. The standard InChI is InChI=1S/C16H24BrClN2/c1-3-8-20-9-4-5-13(11-19-2)16(20)12-6-7-15(18)14(17)10-12/h6-7,10,13,16,19H,3-5,8-9,11H2,1-2H3.